The van der Waals surface area contributed by atoms with Gasteiger partial charge in [0.2, 0.25) is 0 Å². The van der Waals surface area contributed by atoms with E-state index in [-0.39, 0.29) is 24.2 Å². The third kappa shape index (κ3) is 4.84. The first-order valence-electron chi connectivity index (χ1n) is 6.13. The number of nitrogens with zero attached hydrogens (tertiary/aromatic N) is 1. The molecule has 0 heterocycles. The molecule has 3 nitrogen and oxygen atoms in total. The summed E-state index contributed by atoms with van der Waals surface area (Å²) in [6, 6.07) is 0. The van der Waals surface area contributed by atoms with Gasteiger partial charge in [0, 0.05) is 0 Å². The maximum Gasteiger partial charge on any atom is 0.310 e. The predicted octanol–water partition coefficient (Wildman–Crippen LogP) is 3.13. The van der Waals surface area contributed by atoms with Gasteiger partial charge in [-0.1, -0.05) is 27.7 Å². The summed E-state index contributed by atoms with van der Waals surface area (Å²) in [4.78, 5) is 13.7. The van der Waals surface area contributed by atoms with Crippen molar-refractivity contribution in [3.8, 4) is 0 Å². The SMILES string of the molecule is CC(C)C(CCCN(C)C)(C(=O)O)C(C)C.Cl. The van der Waals surface area contributed by atoms with Crippen molar-refractivity contribution in [3.05, 3.63) is 0 Å². The molecule has 1 N–H and O–H groups in total. The Hall–Kier alpha value is -0.280. The van der Waals surface area contributed by atoms with Crippen LogP contribution in [-0.2, 0) is 4.79 Å². The van der Waals surface area contributed by atoms with E-state index in [0.717, 1.165) is 19.4 Å². The molecule has 0 aliphatic carbocycles. The van der Waals surface area contributed by atoms with E-state index in [0.29, 0.717) is 0 Å². The number of carbonyl (C=O) groups is 1. The monoisotopic (exact) mass is 265 g/mol. The number of hydrogen-bond acceptors (Lipinski definition) is 2. The van der Waals surface area contributed by atoms with Gasteiger partial charge < -0.3 is 10.0 Å². The minimum atomic E-state index is -0.642. The summed E-state index contributed by atoms with van der Waals surface area (Å²) >= 11 is 0. The Morgan fingerprint density at radius 3 is 1.82 bits per heavy atom. The number of aliphatic carboxylic acids is 1. The molecule has 0 fully saturated rings. The van der Waals surface area contributed by atoms with Crippen LogP contribution < -0.4 is 0 Å². The second-order valence-electron chi connectivity index (χ2n) is 5.56. The molecule has 0 saturated carbocycles. The lowest BCUT2D eigenvalue weighted by atomic mass is 9.66. The molecule has 104 valence electrons. The van der Waals surface area contributed by atoms with Crippen LogP contribution in [0.5, 0.6) is 0 Å². The van der Waals surface area contributed by atoms with Gasteiger partial charge in [-0.25, -0.2) is 0 Å². The lowest BCUT2D eigenvalue weighted by Gasteiger charge is -2.37. The Labute approximate surface area is 112 Å². The topological polar surface area (TPSA) is 40.5 Å². The van der Waals surface area contributed by atoms with E-state index in [1.54, 1.807) is 0 Å². The minimum Gasteiger partial charge on any atom is -0.481 e. The smallest absolute Gasteiger partial charge is 0.310 e. The van der Waals surface area contributed by atoms with E-state index in [1.807, 2.05) is 41.8 Å². The van der Waals surface area contributed by atoms with Crippen LogP contribution in [0.2, 0.25) is 0 Å². The fourth-order valence-corrected chi connectivity index (χ4v) is 2.53. The first-order chi connectivity index (χ1) is 7.25. The summed E-state index contributed by atoms with van der Waals surface area (Å²) in [5, 5.41) is 9.52. The van der Waals surface area contributed by atoms with Gasteiger partial charge in [-0.2, -0.15) is 0 Å². The van der Waals surface area contributed by atoms with Crippen molar-refractivity contribution in [1.29, 1.82) is 0 Å². The van der Waals surface area contributed by atoms with Gasteiger partial charge in [-0.3, -0.25) is 4.79 Å². The minimum absolute atomic E-state index is 0. The first kappa shape index (κ1) is 19.1. The van der Waals surface area contributed by atoms with Crippen LogP contribution in [0.3, 0.4) is 0 Å². The van der Waals surface area contributed by atoms with Gasteiger partial charge in [0.1, 0.15) is 0 Å². The van der Waals surface area contributed by atoms with Crippen molar-refractivity contribution in [3.63, 3.8) is 0 Å². The summed E-state index contributed by atoms with van der Waals surface area (Å²) in [6.45, 7) is 9.02. The number of halogens is 1. The molecular formula is C13H28ClNO2. The quantitative estimate of drug-likeness (QED) is 0.769. The molecule has 0 atom stereocenters. The third-order valence-corrected chi connectivity index (χ3v) is 3.65. The maximum atomic E-state index is 11.6. The van der Waals surface area contributed by atoms with Crippen LogP contribution in [-0.4, -0.2) is 36.6 Å². The fraction of sp³-hybridized carbons (Fsp3) is 0.923. The Bertz CT molecular complexity index is 219. The van der Waals surface area contributed by atoms with Gasteiger partial charge in [0.05, 0.1) is 5.41 Å². The molecule has 0 aromatic rings. The van der Waals surface area contributed by atoms with Crippen LogP contribution in [0, 0.1) is 17.3 Å². The van der Waals surface area contributed by atoms with Crippen molar-refractivity contribution >= 4 is 18.4 Å². The molecule has 0 aromatic carbocycles. The summed E-state index contributed by atoms with van der Waals surface area (Å²) in [5.74, 6) is -0.296. The molecule has 4 heteroatoms. The van der Waals surface area contributed by atoms with E-state index in [1.165, 1.54) is 0 Å². The summed E-state index contributed by atoms with van der Waals surface area (Å²) in [5.41, 5.74) is -0.573. The summed E-state index contributed by atoms with van der Waals surface area (Å²) < 4.78 is 0. The first-order valence-corrected chi connectivity index (χ1v) is 6.13. The zero-order valence-corrected chi connectivity index (χ0v) is 12.8. The predicted molar refractivity (Wildman–Crippen MR) is 74.8 cm³/mol. The second kappa shape index (κ2) is 7.93. The zero-order valence-electron chi connectivity index (χ0n) is 12.0. The molecule has 0 radical (unpaired) electrons. The summed E-state index contributed by atoms with van der Waals surface area (Å²) in [7, 11) is 4.04. The Kier molecular flexibility index (Phi) is 8.90. The molecule has 0 amide bonds. The van der Waals surface area contributed by atoms with Crippen LogP contribution in [0.1, 0.15) is 40.5 Å². The highest BCUT2D eigenvalue weighted by atomic mass is 35.5. The molecule has 0 spiro atoms. The van der Waals surface area contributed by atoms with Crippen molar-refractivity contribution in [1.82, 2.24) is 4.90 Å². The van der Waals surface area contributed by atoms with Crippen LogP contribution in [0.15, 0.2) is 0 Å². The number of rotatable bonds is 7. The van der Waals surface area contributed by atoms with Crippen molar-refractivity contribution < 1.29 is 9.90 Å². The van der Waals surface area contributed by atoms with Gasteiger partial charge >= 0.3 is 5.97 Å². The molecule has 0 aliphatic heterocycles. The number of carboxylic acids is 1. The summed E-state index contributed by atoms with van der Waals surface area (Å²) in [6.07, 6.45) is 1.70. The van der Waals surface area contributed by atoms with Crippen LogP contribution in [0.25, 0.3) is 0 Å². The van der Waals surface area contributed by atoms with E-state index in [4.69, 9.17) is 0 Å². The number of carboxylic acid groups (broad SMARTS) is 1. The molecule has 17 heavy (non-hydrogen) atoms. The van der Waals surface area contributed by atoms with Gasteiger partial charge in [-0.15, -0.1) is 12.4 Å². The van der Waals surface area contributed by atoms with E-state index >= 15 is 0 Å². The molecule has 0 aromatic heterocycles. The second-order valence-corrected chi connectivity index (χ2v) is 5.56. The fourth-order valence-electron chi connectivity index (χ4n) is 2.53. The van der Waals surface area contributed by atoms with E-state index < -0.39 is 11.4 Å². The molecule has 0 aliphatic rings. The van der Waals surface area contributed by atoms with E-state index in [2.05, 4.69) is 4.90 Å². The lowest BCUT2D eigenvalue weighted by Crippen LogP contribution is -2.41. The van der Waals surface area contributed by atoms with Gasteiger partial charge in [0.15, 0.2) is 0 Å². The average molecular weight is 266 g/mol. The normalized spacial score (nSPS) is 12.1. The van der Waals surface area contributed by atoms with Crippen LogP contribution in [0.4, 0.5) is 0 Å². The van der Waals surface area contributed by atoms with Gasteiger partial charge in [-0.05, 0) is 45.3 Å². The standard InChI is InChI=1S/C13H27NO2.ClH/c1-10(2)13(11(3)4,12(15)16)8-7-9-14(5)6;/h10-11H,7-9H2,1-6H3,(H,15,16);1H. The maximum absolute atomic E-state index is 11.6. The Morgan fingerprint density at radius 1 is 1.18 bits per heavy atom. The van der Waals surface area contributed by atoms with Crippen molar-refractivity contribution in [2.45, 2.75) is 40.5 Å². The lowest BCUT2D eigenvalue weighted by molar-refractivity contribution is -0.156. The van der Waals surface area contributed by atoms with Crippen molar-refractivity contribution in [2.24, 2.45) is 17.3 Å². The van der Waals surface area contributed by atoms with E-state index in [9.17, 15) is 9.90 Å². The van der Waals surface area contributed by atoms with Crippen molar-refractivity contribution in [2.75, 3.05) is 20.6 Å². The Balaban J connectivity index is 0. The molecule has 0 unspecified atom stereocenters. The average Bonchev–Trinajstić information content (AvgIpc) is 2.09. The third-order valence-electron chi connectivity index (χ3n) is 3.65. The Morgan fingerprint density at radius 2 is 1.59 bits per heavy atom. The zero-order chi connectivity index (χ0) is 12.9. The largest absolute Gasteiger partial charge is 0.481 e. The van der Waals surface area contributed by atoms with Gasteiger partial charge in [0.25, 0.3) is 0 Å². The van der Waals surface area contributed by atoms with Crippen LogP contribution >= 0.6 is 12.4 Å². The highest BCUT2D eigenvalue weighted by Crippen LogP contribution is 2.40. The molecule has 0 rings (SSSR count). The molecule has 0 bridgehead atoms. The molecule has 0 saturated heterocycles. The highest BCUT2D eigenvalue weighted by Gasteiger charge is 2.43. The molecular weight excluding hydrogens is 238 g/mol. The highest BCUT2D eigenvalue weighted by molar-refractivity contribution is 5.85. The number of hydrogen-bond donors (Lipinski definition) is 1.